The van der Waals surface area contributed by atoms with Gasteiger partial charge in [-0.1, -0.05) is 30.3 Å². The van der Waals surface area contributed by atoms with Gasteiger partial charge in [0.05, 0.1) is 12.0 Å². The second kappa shape index (κ2) is 4.67. The van der Waals surface area contributed by atoms with Gasteiger partial charge in [0.15, 0.2) is 0 Å². The first-order valence-electron chi connectivity index (χ1n) is 4.94. The number of carbonyl (C=O) groups is 1. The van der Waals surface area contributed by atoms with Crippen LogP contribution in [-0.4, -0.2) is 15.9 Å². The Morgan fingerprint density at radius 3 is 2.27 bits per heavy atom. The first-order valence-corrected chi connectivity index (χ1v) is 5.28. The predicted molar refractivity (Wildman–Crippen MR) is 62.6 cm³/mol. The van der Waals surface area contributed by atoms with E-state index in [9.17, 15) is 4.79 Å². The molecule has 0 aliphatic carbocycles. The number of nitrogens with zero attached hydrogens (tertiary/aromatic N) is 1. The molecule has 2 nitrogen and oxygen atoms in total. The van der Waals surface area contributed by atoms with Crippen molar-refractivity contribution in [1.29, 1.82) is 0 Å². The molecule has 0 saturated heterocycles. The lowest BCUT2D eigenvalue weighted by atomic mass is 10.1. The quantitative estimate of drug-likeness (QED) is 0.709. The summed E-state index contributed by atoms with van der Waals surface area (Å²) < 4.78 is 1.26. The van der Waals surface area contributed by atoms with Crippen molar-refractivity contribution in [3.05, 3.63) is 35.9 Å². The van der Waals surface area contributed by atoms with Crippen molar-refractivity contribution in [3.8, 4) is 0 Å². The van der Waals surface area contributed by atoms with Crippen LogP contribution in [0.25, 0.3) is 0 Å². The monoisotopic (exact) mass is 225 g/mol. The van der Waals surface area contributed by atoms with Crippen molar-refractivity contribution < 1.29 is 4.79 Å². The highest BCUT2D eigenvalue weighted by molar-refractivity contribution is 6.21. The van der Waals surface area contributed by atoms with Crippen LogP contribution in [0.2, 0.25) is 0 Å². The number of hydrogen-bond acceptors (Lipinski definition) is 1. The van der Waals surface area contributed by atoms with Gasteiger partial charge in [-0.2, -0.15) is 0 Å². The van der Waals surface area contributed by atoms with E-state index in [0.717, 1.165) is 5.56 Å². The molecule has 0 aliphatic heterocycles. The van der Waals surface area contributed by atoms with E-state index in [2.05, 4.69) is 0 Å². The van der Waals surface area contributed by atoms with E-state index in [1.54, 1.807) is 0 Å². The van der Waals surface area contributed by atoms with E-state index in [-0.39, 0.29) is 11.4 Å². The maximum Gasteiger partial charge on any atom is 0.241 e. The molecule has 0 radical (unpaired) electrons. The Kier molecular flexibility index (Phi) is 3.75. The molecule has 82 valence electrons. The summed E-state index contributed by atoms with van der Waals surface area (Å²) in [4.78, 5) is 11.8. The van der Waals surface area contributed by atoms with E-state index in [1.165, 1.54) is 4.42 Å². The van der Waals surface area contributed by atoms with Crippen LogP contribution < -0.4 is 0 Å². The maximum atomic E-state index is 11.8. The number of rotatable bonds is 2. The standard InChI is InChI=1S/C12H16ClNO/c1-12(2,3)14(13)11(15)9-10-7-5-4-6-8-10/h4-8H,9H2,1-3H3. The first kappa shape index (κ1) is 12.1. The fourth-order valence-electron chi connectivity index (χ4n) is 1.21. The molecule has 0 aromatic heterocycles. The van der Waals surface area contributed by atoms with E-state index in [4.69, 9.17) is 11.8 Å². The second-order valence-corrected chi connectivity index (χ2v) is 4.85. The van der Waals surface area contributed by atoms with Crippen molar-refractivity contribution in [2.75, 3.05) is 0 Å². The number of halogens is 1. The average molecular weight is 226 g/mol. The minimum Gasteiger partial charge on any atom is -0.273 e. The third-order valence-corrected chi connectivity index (χ3v) is 2.70. The molecular weight excluding hydrogens is 210 g/mol. The largest absolute Gasteiger partial charge is 0.273 e. The topological polar surface area (TPSA) is 20.3 Å². The minimum atomic E-state index is -0.340. The van der Waals surface area contributed by atoms with Crippen molar-refractivity contribution in [1.82, 2.24) is 4.42 Å². The molecule has 0 N–H and O–H groups in total. The highest BCUT2D eigenvalue weighted by Gasteiger charge is 2.24. The number of hydrogen-bond donors (Lipinski definition) is 0. The molecule has 3 heteroatoms. The van der Waals surface area contributed by atoms with Crippen LogP contribution in [0.3, 0.4) is 0 Å². The van der Waals surface area contributed by atoms with Gasteiger partial charge in [0.25, 0.3) is 0 Å². The van der Waals surface area contributed by atoms with E-state index >= 15 is 0 Å². The molecule has 0 atom stereocenters. The van der Waals surface area contributed by atoms with Crippen LogP contribution >= 0.6 is 11.8 Å². The van der Waals surface area contributed by atoms with Gasteiger partial charge in [0.1, 0.15) is 0 Å². The van der Waals surface area contributed by atoms with Crippen LogP contribution in [0, 0.1) is 0 Å². The van der Waals surface area contributed by atoms with Crippen molar-refractivity contribution in [2.24, 2.45) is 0 Å². The van der Waals surface area contributed by atoms with Gasteiger partial charge in [-0.15, -0.1) is 0 Å². The van der Waals surface area contributed by atoms with Gasteiger partial charge in [-0.05, 0) is 26.3 Å². The number of carbonyl (C=O) groups excluding carboxylic acids is 1. The summed E-state index contributed by atoms with van der Waals surface area (Å²) >= 11 is 5.94. The van der Waals surface area contributed by atoms with Crippen molar-refractivity contribution in [3.63, 3.8) is 0 Å². The zero-order valence-electron chi connectivity index (χ0n) is 9.33. The molecule has 0 aliphatic rings. The van der Waals surface area contributed by atoms with Crippen LogP contribution in [0.15, 0.2) is 30.3 Å². The molecule has 0 fully saturated rings. The van der Waals surface area contributed by atoms with Gasteiger partial charge in [-0.25, -0.2) is 4.42 Å². The summed E-state index contributed by atoms with van der Waals surface area (Å²) in [6.45, 7) is 5.72. The van der Waals surface area contributed by atoms with Gasteiger partial charge in [0, 0.05) is 11.8 Å². The lowest BCUT2D eigenvalue weighted by Crippen LogP contribution is -2.39. The second-order valence-electron chi connectivity index (χ2n) is 4.51. The molecule has 1 aromatic rings. The SMILES string of the molecule is CC(C)(C)N(Cl)C(=O)Cc1ccccc1. The Bertz CT molecular complexity index is 329. The zero-order valence-corrected chi connectivity index (χ0v) is 10.1. The molecule has 0 spiro atoms. The van der Waals surface area contributed by atoms with Crippen LogP contribution in [0.4, 0.5) is 0 Å². The zero-order chi connectivity index (χ0) is 11.5. The molecule has 0 heterocycles. The van der Waals surface area contributed by atoms with Gasteiger partial charge in [0.2, 0.25) is 5.91 Å². The summed E-state index contributed by atoms with van der Waals surface area (Å²) in [5.41, 5.74) is 0.644. The van der Waals surface area contributed by atoms with E-state index in [0.29, 0.717) is 6.42 Å². The Balaban J connectivity index is 2.65. The highest BCUT2D eigenvalue weighted by atomic mass is 35.5. The molecule has 0 unspecified atom stereocenters. The third-order valence-electron chi connectivity index (χ3n) is 2.01. The van der Waals surface area contributed by atoms with Gasteiger partial charge in [-0.3, -0.25) is 4.79 Å². The maximum absolute atomic E-state index is 11.8. The lowest BCUT2D eigenvalue weighted by Gasteiger charge is -2.28. The summed E-state index contributed by atoms with van der Waals surface area (Å²) in [7, 11) is 0. The molecule has 0 saturated carbocycles. The Hall–Kier alpha value is -1.02. The summed E-state index contributed by atoms with van der Waals surface area (Å²) in [6.07, 6.45) is 0.349. The third kappa shape index (κ3) is 3.56. The van der Waals surface area contributed by atoms with Crippen LogP contribution in [0.1, 0.15) is 26.3 Å². The van der Waals surface area contributed by atoms with Crippen molar-refractivity contribution >= 4 is 17.7 Å². The molecule has 1 aromatic carbocycles. The fraction of sp³-hybridized carbons (Fsp3) is 0.417. The Morgan fingerprint density at radius 1 is 1.27 bits per heavy atom. The highest BCUT2D eigenvalue weighted by Crippen LogP contribution is 2.17. The Morgan fingerprint density at radius 2 is 1.80 bits per heavy atom. The molecule has 1 rings (SSSR count). The van der Waals surface area contributed by atoms with Gasteiger partial charge < -0.3 is 0 Å². The summed E-state index contributed by atoms with van der Waals surface area (Å²) in [6, 6.07) is 9.60. The Labute approximate surface area is 96.0 Å². The summed E-state index contributed by atoms with van der Waals surface area (Å²) in [5.74, 6) is -0.0737. The smallest absolute Gasteiger partial charge is 0.241 e. The lowest BCUT2D eigenvalue weighted by molar-refractivity contribution is -0.128. The van der Waals surface area contributed by atoms with Crippen molar-refractivity contribution in [2.45, 2.75) is 32.7 Å². The minimum absolute atomic E-state index is 0.0737. The van der Waals surface area contributed by atoms with E-state index < -0.39 is 0 Å². The van der Waals surface area contributed by atoms with E-state index in [1.807, 2.05) is 51.1 Å². The predicted octanol–water partition coefficient (Wildman–Crippen LogP) is 3.01. The van der Waals surface area contributed by atoms with Crippen LogP contribution in [0.5, 0.6) is 0 Å². The van der Waals surface area contributed by atoms with Gasteiger partial charge >= 0.3 is 0 Å². The van der Waals surface area contributed by atoms with Crippen LogP contribution in [-0.2, 0) is 11.2 Å². The molecule has 15 heavy (non-hydrogen) atoms. The number of benzene rings is 1. The molecular formula is C12H16ClNO. The molecule has 0 bridgehead atoms. The fourth-order valence-corrected chi connectivity index (χ4v) is 1.27. The average Bonchev–Trinajstić information content (AvgIpc) is 2.16. The number of amides is 1. The normalized spacial score (nSPS) is 11.2. The first-order chi connectivity index (χ1) is 6.91. The molecule has 1 amide bonds. The summed E-state index contributed by atoms with van der Waals surface area (Å²) in [5, 5.41) is 0.